The Labute approximate surface area is 140 Å². The standard InChI is InChI=1S/C14H8Cl3N3O2/c15-9-6-11(17)10(16)5-8(9)12-3-1-7(21-12)2-4-13-19-20-14(18)22-13/h1-6H,(H2,18,20)/b4-2+. The second-order valence-corrected chi connectivity index (χ2v) is 5.48. The maximum Gasteiger partial charge on any atom is 0.313 e. The van der Waals surface area contributed by atoms with Crippen molar-refractivity contribution >= 4 is 53.0 Å². The summed E-state index contributed by atoms with van der Waals surface area (Å²) in [5.74, 6) is 1.42. The molecule has 1 aromatic carbocycles. The number of anilines is 1. The number of hydrogen-bond acceptors (Lipinski definition) is 5. The van der Waals surface area contributed by atoms with E-state index in [0.29, 0.717) is 32.2 Å². The van der Waals surface area contributed by atoms with E-state index in [-0.39, 0.29) is 11.9 Å². The predicted octanol–water partition coefficient (Wildman–Crippen LogP) is 5.04. The lowest BCUT2D eigenvalue weighted by molar-refractivity contribution is 0.561. The van der Waals surface area contributed by atoms with Gasteiger partial charge in [-0.3, -0.25) is 0 Å². The third kappa shape index (κ3) is 3.11. The van der Waals surface area contributed by atoms with Gasteiger partial charge in [0.15, 0.2) is 0 Å². The number of benzene rings is 1. The average Bonchev–Trinajstić information content (AvgIpc) is 3.09. The van der Waals surface area contributed by atoms with Crippen LogP contribution in [0.25, 0.3) is 23.5 Å². The molecule has 112 valence electrons. The average molecular weight is 357 g/mol. The van der Waals surface area contributed by atoms with E-state index in [0.717, 1.165) is 0 Å². The molecule has 0 aliphatic rings. The van der Waals surface area contributed by atoms with Crippen LogP contribution in [0.15, 0.2) is 33.1 Å². The number of halogens is 3. The van der Waals surface area contributed by atoms with Gasteiger partial charge in [-0.15, -0.1) is 5.10 Å². The van der Waals surface area contributed by atoms with Crippen molar-refractivity contribution in [3.05, 3.63) is 51.0 Å². The van der Waals surface area contributed by atoms with Gasteiger partial charge in [-0.1, -0.05) is 39.9 Å². The fourth-order valence-electron chi connectivity index (χ4n) is 1.77. The molecule has 22 heavy (non-hydrogen) atoms. The van der Waals surface area contributed by atoms with Crippen molar-refractivity contribution in [1.29, 1.82) is 0 Å². The molecule has 0 atom stereocenters. The molecule has 3 aromatic rings. The quantitative estimate of drug-likeness (QED) is 0.665. The van der Waals surface area contributed by atoms with Crippen molar-refractivity contribution in [2.45, 2.75) is 0 Å². The van der Waals surface area contributed by atoms with Gasteiger partial charge in [-0.2, -0.15) is 0 Å². The zero-order valence-corrected chi connectivity index (χ0v) is 13.2. The Morgan fingerprint density at radius 2 is 1.68 bits per heavy atom. The summed E-state index contributed by atoms with van der Waals surface area (Å²) in [6, 6.07) is 6.76. The number of hydrogen-bond donors (Lipinski definition) is 1. The van der Waals surface area contributed by atoms with Gasteiger partial charge in [0.1, 0.15) is 11.5 Å². The first kappa shape index (κ1) is 15.0. The molecular weight excluding hydrogens is 349 g/mol. The monoisotopic (exact) mass is 355 g/mol. The van der Waals surface area contributed by atoms with Crippen LogP contribution in [0, 0.1) is 0 Å². The molecule has 2 heterocycles. The first-order valence-electron chi connectivity index (χ1n) is 6.05. The molecule has 8 heteroatoms. The summed E-state index contributed by atoms with van der Waals surface area (Å²) in [5, 5.41) is 8.49. The minimum atomic E-state index is 0.00220. The topological polar surface area (TPSA) is 78.1 Å². The molecule has 0 aliphatic heterocycles. The number of aromatic nitrogens is 2. The summed E-state index contributed by atoms with van der Waals surface area (Å²) in [4.78, 5) is 0. The number of furan rings is 1. The van der Waals surface area contributed by atoms with Crippen LogP contribution < -0.4 is 5.73 Å². The molecule has 0 saturated carbocycles. The Hall–Kier alpha value is -1.95. The first-order chi connectivity index (χ1) is 10.5. The van der Waals surface area contributed by atoms with Crippen LogP contribution in [0.3, 0.4) is 0 Å². The minimum absolute atomic E-state index is 0.00220. The van der Waals surface area contributed by atoms with Gasteiger partial charge in [0.2, 0.25) is 5.89 Å². The maximum atomic E-state index is 6.15. The number of rotatable bonds is 3. The molecule has 0 amide bonds. The Bertz CT molecular complexity index is 855. The minimum Gasteiger partial charge on any atom is -0.457 e. The lowest BCUT2D eigenvalue weighted by Crippen LogP contribution is -1.81. The van der Waals surface area contributed by atoms with E-state index in [1.807, 2.05) is 0 Å². The molecule has 3 rings (SSSR count). The van der Waals surface area contributed by atoms with Crippen molar-refractivity contribution in [3.63, 3.8) is 0 Å². The van der Waals surface area contributed by atoms with Gasteiger partial charge in [0, 0.05) is 11.6 Å². The van der Waals surface area contributed by atoms with Crippen LogP contribution in [0.4, 0.5) is 6.01 Å². The molecule has 2 aromatic heterocycles. The molecule has 0 saturated heterocycles. The van der Waals surface area contributed by atoms with E-state index < -0.39 is 0 Å². The first-order valence-corrected chi connectivity index (χ1v) is 7.18. The van der Waals surface area contributed by atoms with Crippen molar-refractivity contribution < 1.29 is 8.83 Å². The highest BCUT2D eigenvalue weighted by molar-refractivity contribution is 6.44. The fraction of sp³-hybridized carbons (Fsp3) is 0. The summed E-state index contributed by atoms with van der Waals surface area (Å²) in [7, 11) is 0. The summed E-state index contributed by atoms with van der Waals surface area (Å²) < 4.78 is 10.7. The number of nitrogens with two attached hydrogens (primary N) is 1. The lowest BCUT2D eigenvalue weighted by Gasteiger charge is -2.03. The van der Waals surface area contributed by atoms with Crippen LogP contribution >= 0.6 is 34.8 Å². The lowest BCUT2D eigenvalue weighted by atomic mass is 10.2. The second-order valence-electron chi connectivity index (χ2n) is 4.26. The normalized spacial score (nSPS) is 11.4. The third-order valence-corrected chi connectivity index (χ3v) is 3.78. The molecule has 5 nitrogen and oxygen atoms in total. The summed E-state index contributed by atoms with van der Waals surface area (Å²) in [5.41, 5.74) is 5.99. The van der Waals surface area contributed by atoms with Crippen LogP contribution in [-0.2, 0) is 0 Å². The van der Waals surface area contributed by atoms with Crippen LogP contribution in [0.5, 0.6) is 0 Å². The van der Waals surface area contributed by atoms with Crippen LogP contribution in [-0.4, -0.2) is 10.2 Å². The van der Waals surface area contributed by atoms with E-state index >= 15 is 0 Å². The Balaban J connectivity index is 1.88. The van der Waals surface area contributed by atoms with Gasteiger partial charge in [0.05, 0.1) is 15.1 Å². The van der Waals surface area contributed by atoms with E-state index in [2.05, 4.69) is 10.2 Å². The van der Waals surface area contributed by atoms with Crippen molar-refractivity contribution in [2.24, 2.45) is 0 Å². The number of nitrogen functional groups attached to an aromatic ring is 1. The maximum absolute atomic E-state index is 6.15. The highest BCUT2D eigenvalue weighted by atomic mass is 35.5. The zero-order chi connectivity index (χ0) is 15.7. The molecule has 0 radical (unpaired) electrons. The molecule has 2 N–H and O–H groups in total. The highest BCUT2D eigenvalue weighted by Gasteiger charge is 2.11. The van der Waals surface area contributed by atoms with Gasteiger partial charge in [-0.25, -0.2) is 0 Å². The molecule has 0 aliphatic carbocycles. The van der Waals surface area contributed by atoms with E-state index in [4.69, 9.17) is 49.4 Å². The predicted molar refractivity (Wildman–Crippen MR) is 86.8 cm³/mol. The van der Waals surface area contributed by atoms with Gasteiger partial charge in [-0.05, 0) is 30.3 Å². The summed E-state index contributed by atoms with van der Waals surface area (Å²) >= 11 is 18.1. The number of nitrogens with zero attached hydrogens (tertiary/aromatic N) is 2. The SMILES string of the molecule is Nc1nnc(/C=C/c2ccc(-c3cc(Cl)c(Cl)cc3Cl)o2)o1. The van der Waals surface area contributed by atoms with Gasteiger partial charge in [0.25, 0.3) is 0 Å². The van der Waals surface area contributed by atoms with Gasteiger partial charge >= 0.3 is 6.01 Å². The van der Waals surface area contributed by atoms with E-state index in [9.17, 15) is 0 Å². The molecule has 0 spiro atoms. The van der Waals surface area contributed by atoms with Crippen LogP contribution in [0.1, 0.15) is 11.7 Å². The summed E-state index contributed by atoms with van der Waals surface area (Å²) in [6.45, 7) is 0. The van der Waals surface area contributed by atoms with Crippen molar-refractivity contribution in [2.75, 3.05) is 5.73 Å². The van der Waals surface area contributed by atoms with E-state index in [1.165, 1.54) is 0 Å². The Morgan fingerprint density at radius 3 is 2.41 bits per heavy atom. The van der Waals surface area contributed by atoms with Crippen molar-refractivity contribution in [1.82, 2.24) is 10.2 Å². The van der Waals surface area contributed by atoms with Gasteiger partial charge < -0.3 is 14.6 Å². The summed E-state index contributed by atoms with van der Waals surface area (Å²) in [6.07, 6.45) is 3.25. The zero-order valence-electron chi connectivity index (χ0n) is 10.9. The largest absolute Gasteiger partial charge is 0.457 e. The third-order valence-electron chi connectivity index (χ3n) is 2.75. The smallest absolute Gasteiger partial charge is 0.313 e. The fourth-order valence-corrected chi connectivity index (χ4v) is 2.41. The van der Waals surface area contributed by atoms with Crippen LogP contribution in [0.2, 0.25) is 15.1 Å². The molecular formula is C14H8Cl3N3O2. The molecule has 0 bridgehead atoms. The highest BCUT2D eigenvalue weighted by Crippen LogP contribution is 2.36. The molecule has 0 fully saturated rings. The van der Waals surface area contributed by atoms with E-state index in [1.54, 1.807) is 36.4 Å². The van der Waals surface area contributed by atoms with Crippen molar-refractivity contribution in [3.8, 4) is 11.3 Å². The Kier molecular flexibility index (Phi) is 4.11. The second kappa shape index (κ2) is 6.04. The molecule has 0 unspecified atom stereocenters. The Morgan fingerprint density at radius 1 is 0.909 bits per heavy atom.